The van der Waals surface area contributed by atoms with E-state index in [4.69, 9.17) is 9.15 Å². The maximum atomic E-state index is 12.2. The first-order valence-electron chi connectivity index (χ1n) is 12.0. The molecule has 0 aliphatic rings. The van der Waals surface area contributed by atoms with E-state index in [-0.39, 0.29) is 17.3 Å². The van der Waals surface area contributed by atoms with E-state index < -0.39 is 0 Å². The number of nitrogens with zero attached hydrogens (tertiary/aromatic N) is 2. The van der Waals surface area contributed by atoms with Crippen molar-refractivity contribution in [3.8, 4) is 0 Å². The normalized spacial score (nSPS) is 11.5. The van der Waals surface area contributed by atoms with Crippen molar-refractivity contribution >= 4 is 40.1 Å². The molecule has 10 heteroatoms. The summed E-state index contributed by atoms with van der Waals surface area (Å²) in [5.74, 6) is 2.07. The third kappa shape index (κ3) is 11.5. The van der Waals surface area contributed by atoms with Gasteiger partial charge in [-0.25, -0.2) is 9.97 Å². The van der Waals surface area contributed by atoms with Crippen LogP contribution in [0.2, 0.25) is 0 Å². The molecule has 0 saturated heterocycles. The number of rotatable bonds is 16. The Bertz CT molecular complexity index is 876. The molecule has 0 radical (unpaired) electrons. The molecule has 190 valence electrons. The fourth-order valence-corrected chi connectivity index (χ4v) is 4.77. The van der Waals surface area contributed by atoms with E-state index in [9.17, 15) is 9.59 Å². The molecule has 2 rings (SSSR count). The summed E-state index contributed by atoms with van der Waals surface area (Å²) in [7, 11) is 0. The van der Waals surface area contributed by atoms with E-state index in [0.717, 1.165) is 55.2 Å². The van der Waals surface area contributed by atoms with Gasteiger partial charge in [-0.05, 0) is 39.3 Å². The van der Waals surface area contributed by atoms with Crippen LogP contribution in [0.15, 0.2) is 21.0 Å². The van der Waals surface area contributed by atoms with Gasteiger partial charge >= 0.3 is 5.97 Å². The first-order chi connectivity index (χ1) is 16.3. The number of unbranched alkanes of at least 4 members (excludes halogenated alkanes) is 3. The van der Waals surface area contributed by atoms with Crippen molar-refractivity contribution in [3.63, 3.8) is 0 Å². The molecule has 0 aliphatic carbocycles. The number of oxazole rings is 1. The van der Waals surface area contributed by atoms with Crippen LogP contribution in [0.5, 0.6) is 0 Å². The second kappa shape index (κ2) is 15.2. The molecule has 0 aromatic carbocycles. The van der Waals surface area contributed by atoms with Gasteiger partial charge in [-0.15, -0.1) is 11.8 Å². The number of thioether (sulfide) groups is 1. The fourth-order valence-electron chi connectivity index (χ4n) is 3.03. The number of carbonyl (C=O) groups excluding carboxylic acids is 2. The maximum absolute atomic E-state index is 12.2. The van der Waals surface area contributed by atoms with Crippen LogP contribution in [0.4, 0.5) is 5.13 Å². The number of hydrogen-bond acceptors (Lipinski definition) is 9. The SMILES string of the molecule is CCOC(=O)CCCCCCNCCCC(=O)Nc1ncc(SCc2ncc(C(C)(C)C)o2)s1. The van der Waals surface area contributed by atoms with Crippen LogP contribution < -0.4 is 10.6 Å². The zero-order valence-corrected chi connectivity index (χ0v) is 22.4. The Morgan fingerprint density at radius 2 is 1.82 bits per heavy atom. The molecule has 2 aromatic rings. The number of ether oxygens (including phenoxy) is 1. The van der Waals surface area contributed by atoms with Crippen molar-refractivity contribution in [2.24, 2.45) is 0 Å². The minimum atomic E-state index is -0.104. The number of nitrogens with one attached hydrogen (secondary N) is 2. The molecule has 1 amide bonds. The molecule has 0 bridgehead atoms. The molecule has 2 aromatic heterocycles. The molecular weight excluding hydrogens is 472 g/mol. The third-order valence-electron chi connectivity index (χ3n) is 4.91. The first kappa shape index (κ1) is 28.3. The number of hydrogen-bond donors (Lipinski definition) is 2. The molecular formula is C24H38N4O4S2. The predicted octanol–water partition coefficient (Wildman–Crippen LogP) is 5.54. The van der Waals surface area contributed by atoms with Crippen LogP contribution in [0.25, 0.3) is 0 Å². The number of amides is 1. The highest BCUT2D eigenvalue weighted by molar-refractivity contribution is 8.00. The zero-order valence-electron chi connectivity index (χ0n) is 20.8. The molecule has 8 nitrogen and oxygen atoms in total. The van der Waals surface area contributed by atoms with Gasteiger partial charge in [0, 0.05) is 18.3 Å². The van der Waals surface area contributed by atoms with Gasteiger partial charge in [0.15, 0.2) is 5.13 Å². The summed E-state index contributed by atoms with van der Waals surface area (Å²) in [6, 6.07) is 0. The molecule has 0 spiro atoms. The van der Waals surface area contributed by atoms with Crippen LogP contribution in [-0.4, -0.2) is 41.5 Å². The average Bonchev–Trinajstić information content (AvgIpc) is 3.43. The fraction of sp³-hybridized carbons (Fsp3) is 0.667. The highest BCUT2D eigenvalue weighted by Crippen LogP contribution is 2.31. The maximum Gasteiger partial charge on any atom is 0.305 e. The standard InChI is InChI=1S/C24H38N4O4S2/c1-5-31-21(30)12-8-6-7-9-13-25-14-10-11-19(29)28-23-27-16-22(34-23)33-17-20-26-15-18(32-20)24(2,3)4/h15-16,25H,5-14,17H2,1-4H3,(H,27,28,29). The van der Waals surface area contributed by atoms with E-state index in [1.54, 1.807) is 24.2 Å². The quantitative estimate of drug-likeness (QED) is 0.172. The molecule has 0 fully saturated rings. The van der Waals surface area contributed by atoms with Crippen LogP contribution in [-0.2, 0) is 25.5 Å². The minimum absolute atomic E-state index is 0.0193. The second-order valence-electron chi connectivity index (χ2n) is 9.01. The minimum Gasteiger partial charge on any atom is -0.466 e. The summed E-state index contributed by atoms with van der Waals surface area (Å²) >= 11 is 3.06. The van der Waals surface area contributed by atoms with Crippen molar-refractivity contribution in [2.45, 2.75) is 88.0 Å². The Hall–Kier alpha value is -1.91. The summed E-state index contributed by atoms with van der Waals surface area (Å²) in [5, 5.41) is 6.86. The van der Waals surface area contributed by atoms with Gasteiger partial charge in [0.1, 0.15) is 5.76 Å². The Kier molecular flexibility index (Phi) is 12.6. The number of thiazole rings is 1. The van der Waals surface area contributed by atoms with E-state index in [1.807, 2.05) is 6.92 Å². The van der Waals surface area contributed by atoms with Crippen molar-refractivity contribution < 1.29 is 18.7 Å². The first-order valence-corrected chi connectivity index (χ1v) is 13.8. The largest absolute Gasteiger partial charge is 0.466 e. The summed E-state index contributed by atoms with van der Waals surface area (Å²) in [5.41, 5.74) is -0.0557. The number of aromatic nitrogens is 2. The van der Waals surface area contributed by atoms with Gasteiger partial charge in [-0.3, -0.25) is 9.59 Å². The molecule has 0 unspecified atom stereocenters. The topological polar surface area (TPSA) is 106 Å². The molecule has 0 atom stereocenters. The van der Waals surface area contributed by atoms with Gasteiger partial charge in [0.2, 0.25) is 11.8 Å². The third-order valence-corrected chi connectivity index (χ3v) is 7.00. The van der Waals surface area contributed by atoms with Crippen molar-refractivity contribution in [2.75, 3.05) is 25.0 Å². The Morgan fingerprint density at radius 3 is 2.56 bits per heavy atom. The summed E-state index contributed by atoms with van der Waals surface area (Å²) in [6.45, 7) is 10.3. The lowest BCUT2D eigenvalue weighted by molar-refractivity contribution is -0.143. The van der Waals surface area contributed by atoms with E-state index in [1.165, 1.54) is 11.3 Å². The van der Waals surface area contributed by atoms with Gasteiger partial charge in [0.25, 0.3) is 0 Å². The van der Waals surface area contributed by atoms with Crippen LogP contribution in [0, 0.1) is 0 Å². The second-order valence-corrected chi connectivity index (χ2v) is 11.3. The van der Waals surface area contributed by atoms with Crippen molar-refractivity contribution in [1.29, 1.82) is 0 Å². The van der Waals surface area contributed by atoms with Crippen LogP contribution in [0.1, 0.15) is 84.3 Å². The monoisotopic (exact) mass is 510 g/mol. The average molecular weight is 511 g/mol. The summed E-state index contributed by atoms with van der Waals surface area (Å²) < 4.78 is 11.7. The number of carbonyl (C=O) groups is 2. The number of anilines is 1. The van der Waals surface area contributed by atoms with Gasteiger partial charge in [0.05, 0.1) is 29.0 Å². The highest BCUT2D eigenvalue weighted by Gasteiger charge is 2.19. The lowest BCUT2D eigenvalue weighted by Crippen LogP contribution is -2.19. The van der Waals surface area contributed by atoms with Crippen molar-refractivity contribution in [3.05, 3.63) is 24.0 Å². The molecule has 2 heterocycles. The lowest BCUT2D eigenvalue weighted by Gasteiger charge is -2.12. The van der Waals surface area contributed by atoms with E-state index in [2.05, 4.69) is 41.4 Å². The number of esters is 1. The smallest absolute Gasteiger partial charge is 0.305 e. The van der Waals surface area contributed by atoms with Gasteiger partial charge < -0.3 is 19.8 Å². The van der Waals surface area contributed by atoms with Gasteiger partial charge in [-0.1, -0.05) is 44.9 Å². The Balaban J connectivity index is 1.51. The molecule has 2 N–H and O–H groups in total. The van der Waals surface area contributed by atoms with Crippen LogP contribution in [0.3, 0.4) is 0 Å². The Labute approximate surface area is 211 Å². The van der Waals surface area contributed by atoms with Crippen LogP contribution >= 0.6 is 23.1 Å². The highest BCUT2D eigenvalue weighted by atomic mass is 32.2. The Morgan fingerprint density at radius 1 is 1.06 bits per heavy atom. The van der Waals surface area contributed by atoms with E-state index >= 15 is 0 Å². The molecule has 34 heavy (non-hydrogen) atoms. The summed E-state index contributed by atoms with van der Waals surface area (Å²) in [4.78, 5) is 32.1. The summed E-state index contributed by atoms with van der Waals surface area (Å²) in [6.07, 6.45) is 9.38. The van der Waals surface area contributed by atoms with Gasteiger partial charge in [-0.2, -0.15) is 0 Å². The predicted molar refractivity (Wildman–Crippen MR) is 137 cm³/mol. The zero-order chi connectivity index (χ0) is 24.8. The molecule has 0 aliphatic heterocycles. The molecule has 0 saturated carbocycles. The van der Waals surface area contributed by atoms with Crippen molar-refractivity contribution in [1.82, 2.24) is 15.3 Å². The van der Waals surface area contributed by atoms with E-state index in [0.29, 0.717) is 36.2 Å². The lowest BCUT2D eigenvalue weighted by atomic mass is 9.94.